The number of benzene rings is 1. The molecule has 2 nitrogen and oxygen atoms in total. The monoisotopic (exact) mass is 297 g/mol. The van der Waals surface area contributed by atoms with E-state index in [0.717, 1.165) is 16.8 Å². The summed E-state index contributed by atoms with van der Waals surface area (Å²) in [4.78, 5) is 0. The van der Waals surface area contributed by atoms with E-state index >= 15 is 0 Å². The normalized spacial score (nSPS) is 19.9. The van der Waals surface area contributed by atoms with E-state index in [0.29, 0.717) is 12.0 Å². The van der Waals surface area contributed by atoms with Crippen LogP contribution < -0.4 is 10.1 Å². The van der Waals surface area contributed by atoms with Gasteiger partial charge in [-0.3, -0.25) is 0 Å². The van der Waals surface area contributed by atoms with Crippen molar-refractivity contribution in [2.24, 2.45) is 0 Å². The first-order valence-corrected chi connectivity index (χ1v) is 7.03. The Bertz CT molecular complexity index is 397. The maximum Gasteiger partial charge on any atom is 0.136 e. The van der Waals surface area contributed by atoms with Crippen LogP contribution in [0.4, 0.5) is 0 Å². The lowest BCUT2D eigenvalue weighted by Crippen LogP contribution is -2.13. The van der Waals surface area contributed by atoms with Crippen molar-refractivity contribution >= 4 is 15.9 Å². The van der Waals surface area contributed by atoms with Crippen LogP contribution in [0.2, 0.25) is 0 Å². The zero-order valence-corrected chi connectivity index (χ0v) is 12.3. The smallest absolute Gasteiger partial charge is 0.136 e. The summed E-state index contributed by atoms with van der Waals surface area (Å²) in [6, 6.07) is 4.99. The Kier molecular flexibility index (Phi) is 4.10. The molecule has 0 aromatic heterocycles. The molecule has 1 atom stereocenters. The maximum atomic E-state index is 5.49. The van der Waals surface area contributed by atoms with Crippen molar-refractivity contribution < 1.29 is 4.74 Å². The van der Waals surface area contributed by atoms with Crippen LogP contribution in [0.1, 0.15) is 49.8 Å². The molecule has 0 bridgehead atoms. The van der Waals surface area contributed by atoms with Crippen LogP contribution in [-0.2, 0) is 0 Å². The third-order valence-electron chi connectivity index (χ3n) is 3.38. The molecular weight excluding hydrogens is 278 g/mol. The number of hydrogen-bond acceptors (Lipinski definition) is 2. The Morgan fingerprint density at radius 2 is 2.18 bits per heavy atom. The van der Waals surface area contributed by atoms with E-state index in [1.54, 1.807) is 7.11 Å². The third kappa shape index (κ3) is 2.66. The molecule has 1 fully saturated rings. The minimum Gasteiger partial charge on any atom is -0.495 e. The Morgan fingerprint density at radius 1 is 1.41 bits per heavy atom. The number of rotatable bonds is 3. The zero-order chi connectivity index (χ0) is 12.4. The molecule has 0 spiro atoms. The average molecular weight is 298 g/mol. The van der Waals surface area contributed by atoms with Gasteiger partial charge < -0.3 is 10.1 Å². The van der Waals surface area contributed by atoms with E-state index in [2.05, 4.69) is 47.2 Å². The van der Waals surface area contributed by atoms with Crippen molar-refractivity contribution in [2.45, 2.75) is 38.6 Å². The second-order valence-electron chi connectivity index (χ2n) is 4.93. The molecule has 1 heterocycles. The van der Waals surface area contributed by atoms with E-state index < -0.39 is 0 Å². The molecule has 2 rings (SSSR count). The van der Waals surface area contributed by atoms with Gasteiger partial charge in [0.2, 0.25) is 0 Å². The van der Waals surface area contributed by atoms with Crippen molar-refractivity contribution in [1.29, 1.82) is 0 Å². The first-order chi connectivity index (χ1) is 8.13. The Balaban J connectivity index is 2.41. The predicted octanol–water partition coefficient (Wildman–Crippen LogP) is 4.01. The van der Waals surface area contributed by atoms with Gasteiger partial charge in [0.15, 0.2) is 0 Å². The van der Waals surface area contributed by atoms with Crippen LogP contribution in [0, 0.1) is 0 Å². The van der Waals surface area contributed by atoms with Gasteiger partial charge in [-0.25, -0.2) is 0 Å². The average Bonchev–Trinajstić information content (AvgIpc) is 2.81. The Hall–Kier alpha value is -0.540. The van der Waals surface area contributed by atoms with Crippen molar-refractivity contribution in [2.75, 3.05) is 13.7 Å². The molecule has 1 aliphatic rings. The van der Waals surface area contributed by atoms with E-state index in [4.69, 9.17) is 4.74 Å². The van der Waals surface area contributed by atoms with Crippen molar-refractivity contribution in [1.82, 2.24) is 5.32 Å². The number of ether oxygens (including phenoxy) is 1. The van der Waals surface area contributed by atoms with Gasteiger partial charge >= 0.3 is 0 Å². The summed E-state index contributed by atoms with van der Waals surface area (Å²) < 4.78 is 6.55. The standard InChI is InChI=1S/C14H20BrNO/c1-9(2)11-7-10(13-5-4-6-16-13)8-12(15)14(11)17-3/h7-9,13,16H,4-6H2,1-3H3. The fourth-order valence-electron chi connectivity index (χ4n) is 2.45. The first kappa shape index (κ1) is 12.9. The van der Waals surface area contributed by atoms with Crippen LogP contribution in [-0.4, -0.2) is 13.7 Å². The highest BCUT2D eigenvalue weighted by Gasteiger charge is 2.20. The van der Waals surface area contributed by atoms with Gasteiger partial charge in [0, 0.05) is 6.04 Å². The summed E-state index contributed by atoms with van der Waals surface area (Å²) in [6.07, 6.45) is 2.50. The SMILES string of the molecule is COc1c(Br)cc(C2CCCN2)cc1C(C)C. The maximum absolute atomic E-state index is 5.49. The number of nitrogens with one attached hydrogen (secondary N) is 1. The molecule has 1 aromatic carbocycles. The highest BCUT2D eigenvalue weighted by atomic mass is 79.9. The fourth-order valence-corrected chi connectivity index (χ4v) is 3.11. The molecule has 1 aromatic rings. The molecule has 0 radical (unpaired) electrons. The lowest BCUT2D eigenvalue weighted by atomic mass is 9.96. The highest BCUT2D eigenvalue weighted by Crippen LogP contribution is 2.37. The Morgan fingerprint density at radius 3 is 2.71 bits per heavy atom. The largest absolute Gasteiger partial charge is 0.495 e. The van der Waals surface area contributed by atoms with Crippen LogP contribution in [0.15, 0.2) is 16.6 Å². The molecule has 17 heavy (non-hydrogen) atoms. The molecule has 94 valence electrons. The van der Waals surface area contributed by atoms with E-state index in [1.807, 2.05) is 0 Å². The van der Waals surface area contributed by atoms with Crippen LogP contribution in [0.5, 0.6) is 5.75 Å². The quantitative estimate of drug-likeness (QED) is 0.910. The molecule has 1 unspecified atom stereocenters. The number of hydrogen-bond donors (Lipinski definition) is 1. The van der Waals surface area contributed by atoms with Crippen LogP contribution in [0.3, 0.4) is 0 Å². The lowest BCUT2D eigenvalue weighted by molar-refractivity contribution is 0.404. The predicted molar refractivity (Wildman–Crippen MR) is 74.8 cm³/mol. The van der Waals surface area contributed by atoms with Gasteiger partial charge in [-0.1, -0.05) is 19.9 Å². The van der Waals surface area contributed by atoms with Crippen molar-refractivity contribution in [3.05, 3.63) is 27.7 Å². The third-order valence-corrected chi connectivity index (χ3v) is 3.97. The summed E-state index contributed by atoms with van der Waals surface area (Å²) in [6.45, 7) is 5.54. The van der Waals surface area contributed by atoms with Crippen LogP contribution in [0.25, 0.3) is 0 Å². The molecule has 0 aliphatic carbocycles. The molecule has 1 aliphatic heterocycles. The van der Waals surface area contributed by atoms with Gasteiger partial charge in [-0.05, 0) is 58.4 Å². The summed E-state index contributed by atoms with van der Waals surface area (Å²) in [5.41, 5.74) is 2.66. The van der Waals surface area contributed by atoms with E-state index in [1.165, 1.54) is 24.0 Å². The molecule has 1 saturated heterocycles. The minimum absolute atomic E-state index is 0.475. The van der Waals surface area contributed by atoms with E-state index in [9.17, 15) is 0 Å². The first-order valence-electron chi connectivity index (χ1n) is 6.24. The fraction of sp³-hybridized carbons (Fsp3) is 0.571. The zero-order valence-electron chi connectivity index (χ0n) is 10.7. The summed E-state index contributed by atoms with van der Waals surface area (Å²) in [5, 5.41) is 3.54. The lowest BCUT2D eigenvalue weighted by Gasteiger charge is -2.18. The van der Waals surface area contributed by atoms with E-state index in [-0.39, 0.29) is 0 Å². The van der Waals surface area contributed by atoms with Gasteiger partial charge in [0.05, 0.1) is 11.6 Å². The second-order valence-corrected chi connectivity index (χ2v) is 5.78. The topological polar surface area (TPSA) is 21.3 Å². The number of methoxy groups -OCH3 is 1. The summed E-state index contributed by atoms with van der Waals surface area (Å²) in [7, 11) is 1.74. The minimum atomic E-state index is 0.475. The van der Waals surface area contributed by atoms with Gasteiger partial charge in [-0.15, -0.1) is 0 Å². The van der Waals surface area contributed by atoms with Crippen molar-refractivity contribution in [3.63, 3.8) is 0 Å². The Labute approximate surface area is 112 Å². The molecule has 0 amide bonds. The molecule has 0 saturated carbocycles. The van der Waals surface area contributed by atoms with Gasteiger partial charge in [-0.2, -0.15) is 0 Å². The summed E-state index contributed by atoms with van der Waals surface area (Å²) >= 11 is 3.62. The molecular formula is C14H20BrNO. The van der Waals surface area contributed by atoms with Gasteiger partial charge in [0.1, 0.15) is 5.75 Å². The van der Waals surface area contributed by atoms with Crippen LogP contribution >= 0.6 is 15.9 Å². The van der Waals surface area contributed by atoms with Crippen molar-refractivity contribution in [3.8, 4) is 5.75 Å². The molecule has 1 N–H and O–H groups in total. The summed E-state index contributed by atoms with van der Waals surface area (Å²) in [5.74, 6) is 1.45. The highest BCUT2D eigenvalue weighted by molar-refractivity contribution is 9.10. The molecule has 3 heteroatoms. The number of halogens is 1. The second kappa shape index (κ2) is 5.40. The van der Waals surface area contributed by atoms with Gasteiger partial charge in [0.25, 0.3) is 0 Å².